The molecule has 558 valence electrons. The molecule has 30 nitrogen and oxygen atoms in total. The van der Waals surface area contributed by atoms with Gasteiger partial charge in [-0.3, -0.25) is 18.7 Å². The van der Waals surface area contributed by atoms with E-state index in [9.17, 15) is 0 Å². The number of H-pyrrole nitrogens is 4. The lowest BCUT2D eigenvalue weighted by atomic mass is 10.2. The van der Waals surface area contributed by atoms with Gasteiger partial charge in [0, 0.05) is 89.1 Å². The molecule has 34 heteroatoms. The summed E-state index contributed by atoms with van der Waals surface area (Å²) in [6.45, 7) is 23.8. The summed E-state index contributed by atoms with van der Waals surface area (Å²) in [4.78, 5) is 60.9. The van der Waals surface area contributed by atoms with Crippen LogP contribution in [0.2, 0.25) is 20.6 Å². The fourth-order valence-corrected chi connectivity index (χ4v) is 13.3. The molecule has 4 aliphatic carbocycles. The summed E-state index contributed by atoms with van der Waals surface area (Å²) in [5.74, 6) is 8.39. The minimum Gasteiger partial charge on any atom is -0.382 e. The van der Waals surface area contributed by atoms with E-state index in [4.69, 9.17) is 66.1 Å². The highest BCUT2D eigenvalue weighted by molar-refractivity contribution is 6.33. The van der Waals surface area contributed by atoms with Crippen molar-refractivity contribution in [1.82, 2.24) is 104 Å². The summed E-state index contributed by atoms with van der Waals surface area (Å²) in [7, 11) is 7.93. The third kappa shape index (κ3) is 17.2. The molecule has 105 heavy (non-hydrogen) atoms. The standard InChI is InChI=1S/C19H26ClN7O.C18H24ClN7.C17H23ClN8.C17H22ClN7/c1-11(10-28-4)27-9-15(16(20)25-27)22-19-23-17-14(7-8-21-17)18(24-19)26(3)12(2)13-5-6-13;1-10(2)26-9-14(15(19)24-26)21-18-22-16-13(7-8-20-16)17(23-18)25(4)11(3)12-5-6-12;1-9(2)26-7-12(14(18)24-26)21-17-22-15-13(19-8-20-15)16(23-17)25(4)10(3)11-5-6-11;1-9(2)25-8-13(14(18)24-25)21-17-22-15-12(6-7-19-15)16(23-17)20-10(3)11-4-5-11/h7-9,11-13H,5-6,10H2,1-4H3,(H2,21,22,23,24);7-12H,5-6H2,1-4H3,(H2,20,21,22,23);7-11H,5-6H2,1-4H3,(H2,19,20,21,22,23);6-11H,4-5H2,1-3H3,(H3,19,20,21,22,23)/t11-,12-;11-;2*10-/m0000/s1. The van der Waals surface area contributed by atoms with E-state index in [0.29, 0.717) is 104 Å². The smallest absolute Gasteiger partial charge is 0.231 e. The van der Waals surface area contributed by atoms with Gasteiger partial charge in [0.1, 0.15) is 39.9 Å². The number of rotatable bonds is 26. The lowest BCUT2D eigenvalue weighted by Gasteiger charge is -2.26. The summed E-state index contributed by atoms with van der Waals surface area (Å²) >= 11 is 25.1. The van der Waals surface area contributed by atoms with Crippen LogP contribution in [0.4, 0.5) is 69.8 Å². The average Bonchev–Trinajstić information content (AvgIpc) is 1.67. The van der Waals surface area contributed by atoms with Crippen LogP contribution in [0.15, 0.2) is 67.9 Å². The van der Waals surface area contributed by atoms with Gasteiger partial charge in [0.05, 0.1) is 82.7 Å². The van der Waals surface area contributed by atoms with E-state index in [-0.39, 0.29) is 24.2 Å². The number of nitrogens with zero attached hydrogens (tertiary/aromatic N) is 20. The Morgan fingerprint density at radius 3 is 1.19 bits per heavy atom. The van der Waals surface area contributed by atoms with E-state index < -0.39 is 0 Å². The monoisotopic (exact) mass is 1510 g/mol. The summed E-state index contributed by atoms with van der Waals surface area (Å²) in [5, 5.41) is 38.3. The molecule has 9 N–H and O–H groups in total. The molecule has 12 heterocycles. The lowest BCUT2D eigenvalue weighted by molar-refractivity contribution is 0.157. The molecule has 4 saturated carbocycles. The van der Waals surface area contributed by atoms with Gasteiger partial charge in [0.15, 0.2) is 32.1 Å². The number of nitrogens with one attached hydrogen (secondary N) is 9. The van der Waals surface area contributed by atoms with E-state index in [1.54, 1.807) is 22.8 Å². The normalized spacial score (nSPS) is 15.8. The molecule has 0 radical (unpaired) electrons. The quantitative estimate of drug-likeness (QED) is 0.0243. The average molecular weight is 1510 g/mol. The highest BCUT2D eigenvalue weighted by Crippen LogP contribution is 2.42. The van der Waals surface area contributed by atoms with Crippen molar-refractivity contribution in [2.24, 2.45) is 23.7 Å². The van der Waals surface area contributed by atoms with Crippen molar-refractivity contribution >= 4 is 160 Å². The van der Waals surface area contributed by atoms with Crippen LogP contribution in [-0.4, -0.2) is 163 Å². The summed E-state index contributed by atoms with van der Waals surface area (Å²) < 4.78 is 12.4. The highest BCUT2D eigenvalue weighted by Gasteiger charge is 2.35. The molecule has 0 aromatic carbocycles. The van der Waals surface area contributed by atoms with Gasteiger partial charge in [-0.15, -0.1) is 0 Å². The Balaban J connectivity index is 0.000000124. The second-order valence-corrected chi connectivity index (χ2v) is 30.4. The minimum absolute atomic E-state index is 0.0749. The SMILES string of the molecule is CC(C)n1cc(Nc2nc(N(C)[C@@H](C)C3CC3)c3[nH]cnc3n2)c(Cl)n1.CC(C)n1cc(Nc2nc(N(C)[C@@H](C)C3CC3)c3cc[nH]c3n2)c(Cl)n1.CC(C)n1cc(Nc2nc(N[C@@H](C)C3CC3)c3cc[nH]c3n2)c(Cl)n1.COC[C@H](C)n1cc(Nc2nc(N(C)[C@@H](C)C3CC3)c3cc[nH]c3n2)c(Cl)n1. The molecule has 0 bridgehead atoms. The topological polar surface area (TPSA) is 330 Å². The van der Waals surface area contributed by atoms with E-state index in [2.05, 4.69) is 188 Å². The second kappa shape index (κ2) is 31.5. The van der Waals surface area contributed by atoms with Crippen LogP contribution in [0, 0.1) is 23.7 Å². The Bertz CT molecular complexity index is 4780. The van der Waals surface area contributed by atoms with Gasteiger partial charge in [-0.2, -0.15) is 60.3 Å². The zero-order valence-corrected chi connectivity index (χ0v) is 65.0. The van der Waals surface area contributed by atoms with Crippen molar-refractivity contribution in [2.75, 3.05) is 76.1 Å². The summed E-state index contributed by atoms with van der Waals surface area (Å²) in [6.07, 6.45) is 25.0. The van der Waals surface area contributed by atoms with Crippen LogP contribution in [0.5, 0.6) is 0 Å². The highest BCUT2D eigenvalue weighted by atomic mass is 35.5. The summed E-state index contributed by atoms with van der Waals surface area (Å²) in [5.41, 5.74) is 6.60. The molecule has 5 atom stereocenters. The van der Waals surface area contributed by atoms with Crippen LogP contribution in [-0.2, 0) is 4.74 Å². The van der Waals surface area contributed by atoms with Crippen molar-refractivity contribution in [3.63, 3.8) is 0 Å². The molecule has 16 rings (SSSR count). The molecule has 12 aromatic heterocycles. The maximum absolute atomic E-state index is 6.33. The first-order chi connectivity index (χ1) is 50.4. The lowest BCUT2D eigenvalue weighted by Crippen LogP contribution is -2.31. The number of aromatic nitrogens is 21. The number of ether oxygens (including phenoxy) is 1. The molecular weight excluding hydrogens is 1420 g/mol. The van der Waals surface area contributed by atoms with Crippen molar-refractivity contribution in [1.29, 1.82) is 0 Å². The molecular formula is C71H95Cl4N29O. The first-order valence-electron chi connectivity index (χ1n) is 36.1. The van der Waals surface area contributed by atoms with Crippen LogP contribution in [0.3, 0.4) is 0 Å². The minimum atomic E-state index is 0.0749. The second-order valence-electron chi connectivity index (χ2n) is 29.0. The number of fused-ring (bicyclic) bond motifs is 4. The Hall–Kier alpha value is -9.23. The van der Waals surface area contributed by atoms with E-state index >= 15 is 0 Å². The van der Waals surface area contributed by atoms with E-state index in [1.165, 1.54) is 51.4 Å². The third-order valence-electron chi connectivity index (χ3n) is 20.1. The predicted octanol–water partition coefficient (Wildman–Crippen LogP) is 16.5. The van der Waals surface area contributed by atoms with Gasteiger partial charge in [0.2, 0.25) is 23.8 Å². The Morgan fingerprint density at radius 2 is 0.800 bits per heavy atom. The number of hydrogen-bond acceptors (Lipinski definition) is 22. The third-order valence-corrected chi connectivity index (χ3v) is 21.2. The number of anilines is 12. The molecule has 0 unspecified atom stereocenters. The summed E-state index contributed by atoms with van der Waals surface area (Å²) in [6, 6.07) is 8.48. The van der Waals surface area contributed by atoms with Crippen molar-refractivity contribution in [3.05, 3.63) is 88.5 Å². The fourth-order valence-electron chi connectivity index (χ4n) is 12.6. The van der Waals surface area contributed by atoms with Crippen LogP contribution < -0.4 is 41.3 Å². The van der Waals surface area contributed by atoms with Gasteiger partial charge in [-0.25, -0.2) is 4.98 Å². The number of halogens is 4. The molecule has 4 aliphatic rings. The zero-order valence-electron chi connectivity index (χ0n) is 62.0. The van der Waals surface area contributed by atoms with E-state index in [0.717, 1.165) is 85.6 Å². The molecule has 0 spiro atoms. The van der Waals surface area contributed by atoms with Crippen LogP contribution >= 0.6 is 46.4 Å². The van der Waals surface area contributed by atoms with Crippen LogP contribution in [0.25, 0.3) is 44.3 Å². The Labute approximate surface area is 629 Å². The molecule has 0 saturated heterocycles. The number of aromatic amines is 4. The molecule has 12 aromatic rings. The first kappa shape index (κ1) is 74.1. The fraction of sp³-hybridized carbons (Fsp3) is 0.507. The maximum Gasteiger partial charge on any atom is 0.231 e. The predicted molar refractivity (Wildman–Crippen MR) is 421 cm³/mol. The van der Waals surface area contributed by atoms with Gasteiger partial charge in [0.25, 0.3) is 0 Å². The van der Waals surface area contributed by atoms with Crippen molar-refractivity contribution in [3.8, 4) is 0 Å². The number of hydrogen-bond donors (Lipinski definition) is 9. The molecule has 0 amide bonds. The Kier molecular flexibility index (Phi) is 22.2. The van der Waals surface area contributed by atoms with Crippen molar-refractivity contribution in [2.45, 2.75) is 176 Å². The van der Waals surface area contributed by atoms with Crippen LogP contribution in [0.1, 0.15) is 152 Å². The number of imidazole rings is 1. The molecule has 4 fully saturated rings. The van der Waals surface area contributed by atoms with Gasteiger partial charge < -0.3 is 66.0 Å². The van der Waals surface area contributed by atoms with Gasteiger partial charge >= 0.3 is 0 Å². The van der Waals surface area contributed by atoms with Crippen molar-refractivity contribution < 1.29 is 4.74 Å². The zero-order chi connectivity index (χ0) is 74.2. The Morgan fingerprint density at radius 1 is 0.448 bits per heavy atom. The number of methoxy groups -OCH3 is 1. The van der Waals surface area contributed by atoms with Gasteiger partial charge in [-0.05, 0) is 169 Å². The maximum atomic E-state index is 6.33. The van der Waals surface area contributed by atoms with E-state index in [1.807, 2.05) is 91.7 Å². The van der Waals surface area contributed by atoms with Gasteiger partial charge in [-0.1, -0.05) is 46.4 Å². The molecule has 0 aliphatic heterocycles. The first-order valence-corrected chi connectivity index (χ1v) is 37.6. The largest absolute Gasteiger partial charge is 0.382 e.